The molecule has 0 atom stereocenters. The SMILES string of the molecule is CN(C)CCc1c[nH]c2cccc(O)c12.O=C(O)O. The van der Waals surface area contributed by atoms with E-state index in [1.165, 1.54) is 5.56 Å². The lowest BCUT2D eigenvalue weighted by Gasteiger charge is -2.08. The van der Waals surface area contributed by atoms with E-state index in [0.717, 1.165) is 23.9 Å². The van der Waals surface area contributed by atoms with Gasteiger partial charge in [-0.15, -0.1) is 0 Å². The monoisotopic (exact) mass is 266 g/mol. The number of hydrogen-bond donors (Lipinski definition) is 4. The maximum Gasteiger partial charge on any atom is 0.503 e. The number of aromatic amines is 1. The second-order valence-electron chi connectivity index (χ2n) is 4.35. The molecule has 0 aliphatic carbocycles. The summed E-state index contributed by atoms with van der Waals surface area (Å²) in [5.74, 6) is 0.363. The van der Waals surface area contributed by atoms with Gasteiger partial charge in [-0.05, 0) is 38.2 Å². The van der Waals surface area contributed by atoms with Gasteiger partial charge in [0.2, 0.25) is 0 Å². The van der Waals surface area contributed by atoms with Gasteiger partial charge in [0.1, 0.15) is 5.75 Å². The normalized spacial score (nSPS) is 10.3. The summed E-state index contributed by atoms with van der Waals surface area (Å²) in [4.78, 5) is 13.9. The zero-order valence-corrected chi connectivity index (χ0v) is 10.9. The number of H-pyrrole nitrogens is 1. The quantitative estimate of drug-likeness (QED) is 0.683. The zero-order chi connectivity index (χ0) is 14.4. The second kappa shape index (κ2) is 6.65. The minimum Gasteiger partial charge on any atom is -0.507 e. The number of phenolic OH excluding ortho intramolecular Hbond substituents is 1. The van der Waals surface area contributed by atoms with Crippen LogP contribution in [0.25, 0.3) is 10.9 Å². The molecule has 0 fully saturated rings. The first-order valence-electron chi connectivity index (χ1n) is 5.76. The third-order valence-corrected chi connectivity index (χ3v) is 2.59. The van der Waals surface area contributed by atoms with Crippen LogP contribution in [0.5, 0.6) is 5.75 Å². The van der Waals surface area contributed by atoms with Crippen LogP contribution in [-0.2, 0) is 6.42 Å². The number of aromatic hydroxyl groups is 1. The Labute approximate surface area is 110 Å². The summed E-state index contributed by atoms with van der Waals surface area (Å²) in [7, 11) is 4.10. The Bertz CT molecular complexity index is 545. The van der Waals surface area contributed by atoms with Crippen molar-refractivity contribution in [1.29, 1.82) is 0 Å². The number of rotatable bonds is 3. The molecule has 0 saturated heterocycles. The number of fused-ring (bicyclic) bond motifs is 1. The zero-order valence-electron chi connectivity index (χ0n) is 10.9. The summed E-state index contributed by atoms with van der Waals surface area (Å²) in [6, 6.07) is 5.56. The molecule has 1 aromatic heterocycles. The Hall–Kier alpha value is -2.21. The first kappa shape index (κ1) is 14.8. The molecule has 6 heteroatoms. The Balaban J connectivity index is 0.000000399. The highest BCUT2D eigenvalue weighted by Gasteiger charge is 2.07. The molecule has 104 valence electrons. The molecular formula is C13H18N2O4. The fourth-order valence-electron chi connectivity index (χ4n) is 1.78. The number of phenols is 1. The van der Waals surface area contributed by atoms with Crippen LogP contribution in [0.15, 0.2) is 24.4 Å². The molecule has 0 aliphatic heterocycles. The van der Waals surface area contributed by atoms with Crippen molar-refractivity contribution in [3.8, 4) is 5.75 Å². The summed E-state index contributed by atoms with van der Waals surface area (Å²) in [5.41, 5.74) is 2.18. The lowest BCUT2D eigenvalue weighted by Crippen LogP contribution is -2.14. The minimum atomic E-state index is -1.83. The third-order valence-electron chi connectivity index (χ3n) is 2.59. The third kappa shape index (κ3) is 4.51. The Morgan fingerprint density at radius 2 is 1.95 bits per heavy atom. The van der Waals surface area contributed by atoms with Crippen molar-refractivity contribution < 1.29 is 20.1 Å². The average molecular weight is 266 g/mol. The summed E-state index contributed by atoms with van der Waals surface area (Å²) in [5, 5.41) is 24.7. The van der Waals surface area contributed by atoms with E-state index in [4.69, 9.17) is 15.0 Å². The van der Waals surface area contributed by atoms with Crippen LogP contribution in [0, 0.1) is 0 Å². The molecule has 1 heterocycles. The second-order valence-corrected chi connectivity index (χ2v) is 4.35. The number of carbonyl (C=O) groups is 1. The topological polar surface area (TPSA) is 96.8 Å². The Kier molecular flexibility index (Phi) is 5.20. The van der Waals surface area contributed by atoms with Crippen LogP contribution in [0.3, 0.4) is 0 Å². The van der Waals surface area contributed by atoms with E-state index in [1.807, 2.05) is 18.3 Å². The van der Waals surface area contributed by atoms with Gasteiger partial charge in [0.15, 0.2) is 0 Å². The van der Waals surface area contributed by atoms with E-state index in [9.17, 15) is 5.11 Å². The molecule has 1 aromatic carbocycles. The highest BCUT2D eigenvalue weighted by atomic mass is 16.6. The van der Waals surface area contributed by atoms with Crippen molar-refractivity contribution >= 4 is 17.1 Å². The average Bonchev–Trinajstić information content (AvgIpc) is 2.70. The van der Waals surface area contributed by atoms with Crippen molar-refractivity contribution in [3.63, 3.8) is 0 Å². The van der Waals surface area contributed by atoms with E-state index >= 15 is 0 Å². The van der Waals surface area contributed by atoms with Crippen molar-refractivity contribution in [1.82, 2.24) is 9.88 Å². The smallest absolute Gasteiger partial charge is 0.503 e. The largest absolute Gasteiger partial charge is 0.507 e. The number of nitrogens with one attached hydrogen (secondary N) is 1. The highest BCUT2D eigenvalue weighted by molar-refractivity contribution is 5.88. The molecule has 2 aromatic rings. The van der Waals surface area contributed by atoms with Crippen molar-refractivity contribution in [2.24, 2.45) is 0 Å². The minimum absolute atomic E-state index is 0.363. The predicted octanol–water partition coefficient (Wildman–Crippen LogP) is 2.20. The maximum atomic E-state index is 9.77. The summed E-state index contributed by atoms with van der Waals surface area (Å²) >= 11 is 0. The van der Waals surface area contributed by atoms with E-state index in [-0.39, 0.29) is 0 Å². The number of carboxylic acid groups (broad SMARTS) is 2. The number of likely N-dealkylation sites (N-methyl/N-ethyl adjacent to an activating group) is 1. The van der Waals surface area contributed by atoms with E-state index < -0.39 is 6.16 Å². The van der Waals surface area contributed by atoms with Gasteiger partial charge in [-0.2, -0.15) is 0 Å². The van der Waals surface area contributed by atoms with E-state index in [2.05, 4.69) is 24.0 Å². The summed E-state index contributed by atoms with van der Waals surface area (Å²) < 4.78 is 0. The Morgan fingerprint density at radius 3 is 2.53 bits per heavy atom. The van der Waals surface area contributed by atoms with Crippen LogP contribution < -0.4 is 0 Å². The fourth-order valence-corrected chi connectivity index (χ4v) is 1.78. The highest BCUT2D eigenvalue weighted by Crippen LogP contribution is 2.27. The molecule has 0 amide bonds. The number of benzene rings is 1. The predicted molar refractivity (Wildman–Crippen MR) is 72.9 cm³/mol. The van der Waals surface area contributed by atoms with Gasteiger partial charge >= 0.3 is 6.16 Å². The van der Waals surface area contributed by atoms with Gasteiger partial charge in [0.25, 0.3) is 0 Å². The van der Waals surface area contributed by atoms with Crippen LogP contribution in [-0.4, -0.2) is 52.0 Å². The van der Waals surface area contributed by atoms with E-state index in [1.54, 1.807) is 6.07 Å². The first-order chi connectivity index (χ1) is 8.91. The van der Waals surface area contributed by atoms with Crippen LogP contribution in [0.1, 0.15) is 5.56 Å². The Morgan fingerprint density at radius 1 is 1.32 bits per heavy atom. The molecule has 0 saturated carbocycles. The van der Waals surface area contributed by atoms with Gasteiger partial charge in [0, 0.05) is 23.6 Å². The van der Waals surface area contributed by atoms with Crippen molar-refractivity contribution in [2.45, 2.75) is 6.42 Å². The standard InChI is InChI=1S/C12H16N2O.CH2O3/c1-14(2)7-6-9-8-13-10-4-3-5-11(15)12(9)10;2-1(3)4/h3-5,8,13,15H,6-7H2,1-2H3;(H2,2,3,4). The van der Waals surface area contributed by atoms with Crippen molar-refractivity contribution in [2.75, 3.05) is 20.6 Å². The molecule has 4 N–H and O–H groups in total. The van der Waals surface area contributed by atoms with Gasteiger partial charge in [0.05, 0.1) is 0 Å². The molecule has 0 radical (unpaired) electrons. The maximum absolute atomic E-state index is 9.77. The van der Waals surface area contributed by atoms with Gasteiger partial charge < -0.3 is 25.2 Å². The van der Waals surface area contributed by atoms with Crippen LogP contribution in [0.2, 0.25) is 0 Å². The summed E-state index contributed by atoms with van der Waals surface area (Å²) in [6.45, 7) is 0.987. The molecule has 6 nitrogen and oxygen atoms in total. The molecule has 0 aliphatic rings. The van der Waals surface area contributed by atoms with Crippen molar-refractivity contribution in [3.05, 3.63) is 30.0 Å². The van der Waals surface area contributed by atoms with Gasteiger partial charge in [-0.3, -0.25) is 0 Å². The molecule has 0 bridgehead atoms. The number of aromatic nitrogens is 1. The molecule has 2 rings (SSSR count). The number of hydrogen-bond acceptors (Lipinski definition) is 3. The molecule has 0 spiro atoms. The lowest BCUT2D eigenvalue weighted by atomic mass is 10.1. The van der Waals surface area contributed by atoms with Gasteiger partial charge in [-0.25, -0.2) is 4.79 Å². The first-order valence-corrected chi connectivity index (χ1v) is 5.76. The lowest BCUT2D eigenvalue weighted by molar-refractivity contribution is 0.137. The van der Waals surface area contributed by atoms with Crippen LogP contribution >= 0.6 is 0 Å². The number of nitrogens with zero attached hydrogens (tertiary/aromatic N) is 1. The molecular weight excluding hydrogens is 248 g/mol. The van der Waals surface area contributed by atoms with E-state index in [0.29, 0.717) is 5.75 Å². The summed E-state index contributed by atoms with van der Waals surface area (Å²) in [6.07, 6.45) is 1.10. The molecule has 19 heavy (non-hydrogen) atoms. The molecule has 0 unspecified atom stereocenters. The fraction of sp³-hybridized carbons (Fsp3) is 0.308. The van der Waals surface area contributed by atoms with Crippen LogP contribution in [0.4, 0.5) is 4.79 Å². The van der Waals surface area contributed by atoms with Gasteiger partial charge in [-0.1, -0.05) is 6.07 Å².